The van der Waals surface area contributed by atoms with Crippen LogP contribution < -0.4 is 10.6 Å². The third-order valence-electron chi connectivity index (χ3n) is 5.35. The third-order valence-corrected chi connectivity index (χ3v) is 5.35. The van der Waals surface area contributed by atoms with Crippen LogP contribution in [0.25, 0.3) is 10.9 Å². The van der Waals surface area contributed by atoms with Gasteiger partial charge in [-0.05, 0) is 56.7 Å². The largest absolute Gasteiger partial charge is 0.393 e. The van der Waals surface area contributed by atoms with E-state index in [2.05, 4.69) is 63.6 Å². The van der Waals surface area contributed by atoms with Crippen molar-refractivity contribution in [1.29, 1.82) is 0 Å². The molecule has 0 saturated carbocycles. The first-order valence-corrected chi connectivity index (χ1v) is 10.7. The Labute approximate surface area is 191 Å². The zero-order valence-corrected chi connectivity index (χ0v) is 19.8. The van der Waals surface area contributed by atoms with Gasteiger partial charge in [-0.1, -0.05) is 18.2 Å². The number of likely N-dealkylation sites (tertiary alicyclic amines) is 1. The summed E-state index contributed by atoms with van der Waals surface area (Å²) in [6.45, 7) is 8.81. The minimum Gasteiger partial charge on any atom is -0.393 e. The second kappa shape index (κ2) is 13.1. The van der Waals surface area contributed by atoms with E-state index in [-0.39, 0.29) is 30.1 Å². The van der Waals surface area contributed by atoms with Crippen LogP contribution >= 0.6 is 24.0 Å². The molecule has 2 aromatic rings. The standard InChI is InChI=1S/C22H35N5O.HI/c1-2-23-22(24-12-5-14-26-16-10-20(28)11-17-26)25-13-6-15-27-18-9-19-7-3-4-8-21(19)27;/h3-4,7-9,18,20,28H,2,5-6,10-17H2,1H3,(H2,23,24,25);1H. The molecule has 1 aromatic carbocycles. The third kappa shape index (κ3) is 7.79. The lowest BCUT2D eigenvalue weighted by atomic mass is 10.1. The monoisotopic (exact) mass is 513 g/mol. The highest BCUT2D eigenvalue weighted by Gasteiger charge is 2.15. The van der Waals surface area contributed by atoms with Gasteiger partial charge in [-0.25, -0.2) is 0 Å². The summed E-state index contributed by atoms with van der Waals surface area (Å²) >= 11 is 0. The second-order valence-corrected chi connectivity index (χ2v) is 7.54. The number of benzene rings is 1. The number of hydrogen-bond donors (Lipinski definition) is 3. The van der Waals surface area contributed by atoms with E-state index >= 15 is 0 Å². The topological polar surface area (TPSA) is 64.8 Å². The van der Waals surface area contributed by atoms with Crippen molar-refractivity contribution in [3.05, 3.63) is 36.5 Å². The summed E-state index contributed by atoms with van der Waals surface area (Å²) in [6, 6.07) is 10.7. The Kier molecular flexibility index (Phi) is 10.8. The fourth-order valence-corrected chi connectivity index (χ4v) is 3.76. The van der Waals surface area contributed by atoms with Crippen molar-refractivity contribution in [1.82, 2.24) is 20.1 Å². The SMILES string of the molecule is CCNC(=NCCCn1ccc2ccccc21)NCCCN1CCC(O)CC1.I. The predicted octanol–water partition coefficient (Wildman–Crippen LogP) is 3.05. The van der Waals surface area contributed by atoms with Crippen LogP contribution in [0.15, 0.2) is 41.5 Å². The Hall–Kier alpha value is -1.32. The smallest absolute Gasteiger partial charge is 0.191 e. The molecule has 1 aliphatic rings. The molecule has 3 rings (SSSR count). The molecule has 1 saturated heterocycles. The summed E-state index contributed by atoms with van der Waals surface area (Å²) in [5.74, 6) is 0.911. The van der Waals surface area contributed by atoms with Crippen molar-refractivity contribution in [3.63, 3.8) is 0 Å². The van der Waals surface area contributed by atoms with Crippen LogP contribution in [0, 0.1) is 0 Å². The zero-order chi connectivity index (χ0) is 19.6. The molecule has 1 fully saturated rings. The van der Waals surface area contributed by atoms with Gasteiger partial charge in [-0.3, -0.25) is 4.99 Å². The van der Waals surface area contributed by atoms with E-state index in [1.165, 1.54) is 10.9 Å². The van der Waals surface area contributed by atoms with Crippen LogP contribution in [0.2, 0.25) is 0 Å². The molecule has 3 N–H and O–H groups in total. The molecule has 2 heterocycles. The number of para-hydroxylation sites is 1. The first-order valence-electron chi connectivity index (χ1n) is 10.7. The Bertz CT molecular complexity index is 740. The van der Waals surface area contributed by atoms with Crippen LogP contribution in [0.5, 0.6) is 0 Å². The van der Waals surface area contributed by atoms with Gasteiger partial charge in [0.15, 0.2) is 5.96 Å². The Balaban J connectivity index is 0.00000300. The maximum Gasteiger partial charge on any atom is 0.191 e. The van der Waals surface area contributed by atoms with Gasteiger partial charge in [0.2, 0.25) is 0 Å². The Morgan fingerprint density at radius 3 is 2.69 bits per heavy atom. The fraction of sp³-hybridized carbons (Fsp3) is 0.591. The highest BCUT2D eigenvalue weighted by Crippen LogP contribution is 2.15. The van der Waals surface area contributed by atoms with E-state index < -0.39 is 0 Å². The summed E-state index contributed by atoms with van der Waals surface area (Å²) in [5.41, 5.74) is 1.29. The van der Waals surface area contributed by atoms with E-state index in [0.29, 0.717) is 0 Å². The molecule has 1 aromatic heterocycles. The number of aromatic nitrogens is 1. The van der Waals surface area contributed by atoms with Crippen LogP contribution in [0.1, 0.15) is 32.6 Å². The van der Waals surface area contributed by atoms with Crippen LogP contribution in [-0.4, -0.2) is 65.9 Å². The van der Waals surface area contributed by atoms with Crippen molar-refractivity contribution in [2.45, 2.75) is 45.3 Å². The average molecular weight is 513 g/mol. The number of aliphatic imine (C=N–C) groups is 1. The summed E-state index contributed by atoms with van der Waals surface area (Å²) in [6.07, 6.45) is 6.01. The summed E-state index contributed by atoms with van der Waals surface area (Å²) in [7, 11) is 0. The van der Waals surface area contributed by atoms with Gasteiger partial charge in [-0.2, -0.15) is 0 Å². The van der Waals surface area contributed by atoms with Gasteiger partial charge in [0.1, 0.15) is 0 Å². The second-order valence-electron chi connectivity index (χ2n) is 7.54. The van der Waals surface area contributed by atoms with Crippen molar-refractivity contribution >= 4 is 40.8 Å². The number of halogens is 1. The summed E-state index contributed by atoms with van der Waals surface area (Å²) in [5, 5.41) is 17.7. The lowest BCUT2D eigenvalue weighted by Crippen LogP contribution is -2.40. The van der Waals surface area contributed by atoms with E-state index in [1.54, 1.807) is 0 Å². The molecule has 0 atom stereocenters. The molecule has 29 heavy (non-hydrogen) atoms. The maximum absolute atomic E-state index is 9.58. The van der Waals surface area contributed by atoms with Gasteiger partial charge in [0.25, 0.3) is 0 Å². The Morgan fingerprint density at radius 1 is 1.10 bits per heavy atom. The number of aliphatic hydroxyl groups excluding tert-OH is 1. The van der Waals surface area contributed by atoms with Crippen LogP contribution in [0.4, 0.5) is 0 Å². The average Bonchev–Trinajstić information content (AvgIpc) is 3.13. The normalized spacial score (nSPS) is 16.0. The molecule has 0 radical (unpaired) electrons. The number of aliphatic hydroxyl groups is 1. The Morgan fingerprint density at radius 2 is 1.90 bits per heavy atom. The van der Waals surface area contributed by atoms with Gasteiger partial charge < -0.3 is 25.2 Å². The molecule has 0 spiro atoms. The van der Waals surface area contributed by atoms with Gasteiger partial charge in [0.05, 0.1) is 6.10 Å². The van der Waals surface area contributed by atoms with E-state index in [1.807, 2.05) is 0 Å². The number of piperidine rings is 1. The number of rotatable bonds is 9. The molecule has 162 valence electrons. The first-order chi connectivity index (χ1) is 13.8. The van der Waals surface area contributed by atoms with Crippen LogP contribution in [0.3, 0.4) is 0 Å². The quantitative estimate of drug-likeness (QED) is 0.209. The molecule has 1 aliphatic heterocycles. The van der Waals surface area contributed by atoms with Crippen LogP contribution in [-0.2, 0) is 6.54 Å². The first kappa shape index (κ1) is 24.0. The van der Waals surface area contributed by atoms with Crippen molar-refractivity contribution in [2.24, 2.45) is 4.99 Å². The number of aryl methyl sites for hydroxylation is 1. The minimum absolute atomic E-state index is 0. The summed E-state index contributed by atoms with van der Waals surface area (Å²) < 4.78 is 2.31. The molecule has 0 amide bonds. The molecule has 6 nitrogen and oxygen atoms in total. The molecule has 0 bridgehead atoms. The highest BCUT2D eigenvalue weighted by molar-refractivity contribution is 14.0. The molecule has 0 unspecified atom stereocenters. The fourth-order valence-electron chi connectivity index (χ4n) is 3.76. The lowest BCUT2D eigenvalue weighted by Gasteiger charge is -2.29. The molecule has 0 aliphatic carbocycles. The lowest BCUT2D eigenvalue weighted by molar-refractivity contribution is 0.0823. The van der Waals surface area contributed by atoms with E-state index in [4.69, 9.17) is 4.99 Å². The van der Waals surface area contributed by atoms with Crippen molar-refractivity contribution in [2.75, 3.05) is 39.3 Å². The van der Waals surface area contributed by atoms with Gasteiger partial charge >= 0.3 is 0 Å². The molecule has 7 heteroatoms. The van der Waals surface area contributed by atoms with Crippen molar-refractivity contribution in [3.8, 4) is 0 Å². The maximum atomic E-state index is 9.58. The zero-order valence-electron chi connectivity index (χ0n) is 17.5. The molecular formula is C22H36IN5O. The van der Waals surface area contributed by atoms with Gasteiger partial charge in [-0.15, -0.1) is 24.0 Å². The minimum atomic E-state index is -0.0913. The van der Waals surface area contributed by atoms with Crippen molar-refractivity contribution < 1.29 is 5.11 Å². The number of hydrogen-bond acceptors (Lipinski definition) is 3. The molecular weight excluding hydrogens is 477 g/mol. The van der Waals surface area contributed by atoms with E-state index in [0.717, 1.165) is 77.5 Å². The number of fused-ring (bicyclic) bond motifs is 1. The highest BCUT2D eigenvalue weighted by atomic mass is 127. The van der Waals surface area contributed by atoms with Gasteiger partial charge in [0, 0.05) is 51.0 Å². The van der Waals surface area contributed by atoms with E-state index in [9.17, 15) is 5.11 Å². The number of nitrogens with zero attached hydrogens (tertiary/aromatic N) is 3. The summed E-state index contributed by atoms with van der Waals surface area (Å²) in [4.78, 5) is 7.17. The number of guanidine groups is 1. The predicted molar refractivity (Wildman–Crippen MR) is 132 cm³/mol. The number of nitrogens with one attached hydrogen (secondary N) is 2.